The van der Waals surface area contributed by atoms with Gasteiger partial charge < -0.3 is 20.1 Å². The molecule has 0 saturated carbocycles. The number of phenolic OH excluding ortho intramolecular Hbond substituents is 1. The number of rotatable bonds is 5. The first-order valence-corrected chi connectivity index (χ1v) is 7.91. The number of urea groups is 1. The third-order valence-electron chi connectivity index (χ3n) is 3.70. The summed E-state index contributed by atoms with van der Waals surface area (Å²) in [4.78, 5) is 13.9. The molecule has 2 aromatic carbocycles. The van der Waals surface area contributed by atoms with Crippen molar-refractivity contribution in [3.05, 3.63) is 58.6 Å². The van der Waals surface area contributed by atoms with Crippen LogP contribution in [-0.2, 0) is 6.54 Å². The minimum atomic E-state index is -0.210. The number of carbonyl (C=O) groups excluding carboxylic acids is 1. The van der Waals surface area contributed by atoms with E-state index in [0.29, 0.717) is 17.3 Å². The quantitative estimate of drug-likeness (QED) is 0.859. The Balaban J connectivity index is 1.98. The SMILES string of the molecule is COc1ccc(CN(C)C(=O)NC(C)c2cccc(Cl)c2)cc1O. The van der Waals surface area contributed by atoms with E-state index in [1.54, 1.807) is 30.1 Å². The Morgan fingerprint density at radius 3 is 2.71 bits per heavy atom. The largest absolute Gasteiger partial charge is 0.504 e. The van der Waals surface area contributed by atoms with Gasteiger partial charge in [0.25, 0.3) is 0 Å². The summed E-state index contributed by atoms with van der Waals surface area (Å²) in [5.74, 6) is 0.455. The van der Waals surface area contributed by atoms with E-state index in [-0.39, 0.29) is 17.8 Å². The maximum absolute atomic E-state index is 12.3. The smallest absolute Gasteiger partial charge is 0.317 e. The molecule has 6 heteroatoms. The molecule has 2 amide bonds. The molecule has 0 saturated heterocycles. The molecule has 0 aliphatic carbocycles. The molecular weight excluding hydrogens is 328 g/mol. The number of aromatic hydroxyl groups is 1. The Hall–Kier alpha value is -2.40. The molecule has 0 spiro atoms. The molecule has 24 heavy (non-hydrogen) atoms. The van der Waals surface area contributed by atoms with Crippen LogP contribution in [0.4, 0.5) is 4.79 Å². The summed E-state index contributed by atoms with van der Waals surface area (Å²) in [6.45, 7) is 2.27. The van der Waals surface area contributed by atoms with Crippen molar-refractivity contribution in [1.82, 2.24) is 10.2 Å². The Labute approximate surface area is 146 Å². The first-order valence-electron chi connectivity index (χ1n) is 7.53. The molecule has 0 radical (unpaired) electrons. The van der Waals surface area contributed by atoms with Gasteiger partial charge in [-0.05, 0) is 42.3 Å². The number of phenols is 1. The summed E-state index contributed by atoms with van der Waals surface area (Å²) >= 11 is 5.98. The molecule has 0 aliphatic heterocycles. The van der Waals surface area contributed by atoms with Gasteiger partial charge in [-0.15, -0.1) is 0 Å². The van der Waals surface area contributed by atoms with Gasteiger partial charge in [-0.3, -0.25) is 0 Å². The predicted molar refractivity (Wildman–Crippen MR) is 94.5 cm³/mol. The lowest BCUT2D eigenvalue weighted by Gasteiger charge is -2.22. The van der Waals surface area contributed by atoms with Gasteiger partial charge in [0, 0.05) is 18.6 Å². The zero-order valence-electron chi connectivity index (χ0n) is 13.9. The van der Waals surface area contributed by atoms with Gasteiger partial charge in [-0.2, -0.15) is 0 Å². The molecular formula is C18H21ClN2O3. The van der Waals surface area contributed by atoms with E-state index < -0.39 is 0 Å². The maximum Gasteiger partial charge on any atom is 0.317 e. The number of nitrogens with zero attached hydrogens (tertiary/aromatic N) is 1. The average Bonchev–Trinajstić information content (AvgIpc) is 2.55. The second-order valence-electron chi connectivity index (χ2n) is 5.59. The Morgan fingerprint density at radius 1 is 1.33 bits per heavy atom. The molecule has 1 atom stereocenters. The van der Waals surface area contributed by atoms with Crippen molar-refractivity contribution in [1.29, 1.82) is 0 Å². The van der Waals surface area contributed by atoms with Crippen LogP contribution in [-0.4, -0.2) is 30.2 Å². The molecule has 0 aliphatic rings. The van der Waals surface area contributed by atoms with E-state index in [2.05, 4.69) is 5.32 Å². The number of nitrogens with one attached hydrogen (secondary N) is 1. The monoisotopic (exact) mass is 348 g/mol. The highest BCUT2D eigenvalue weighted by Gasteiger charge is 2.14. The molecule has 0 fully saturated rings. The average molecular weight is 349 g/mol. The number of hydrogen-bond donors (Lipinski definition) is 2. The van der Waals surface area contributed by atoms with Gasteiger partial charge >= 0.3 is 6.03 Å². The third-order valence-corrected chi connectivity index (χ3v) is 3.93. The van der Waals surface area contributed by atoms with E-state index in [1.165, 1.54) is 7.11 Å². The van der Waals surface area contributed by atoms with Crippen LogP contribution in [0.3, 0.4) is 0 Å². The van der Waals surface area contributed by atoms with Crippen molar-refractivity contribution in [3.8, 4) is 11.5 Å². The minimum Gasteiger partial charge on any atom is -0.504 e. The highest BCUT2D eigenvalue weighted by atomic mass is 35.5. The molecule has 2 aromatic rings. The summed E-state index contributed by atoms with van der Waals surface area (Å²) < 4.78 is 5.01. The van der Waals surface area contributed by atoms with Crippen molar-refractivity contribution in [2.45, 2.75) is 19.5 Å². The highest BCUT2D eigenvalue weighted by molar-refractivity contribution is 6.30. The fourth-order valence-electron chi connectivity index (χ4n) is 2.33. The molecule has 5 nitrogen and oxygen atoms in total. The van der Waals surface area contributed by atoms with Gasteiger partial charge in [0.1, 0.15) is 0 Å². The van der Waals surface area contributed by atoms with E-state index in [1.807, 2.05) is 31.2 Å². The van der Waals surface area contributed by atoms with Crippen molar-refractivity contribution in [3.63, 3.8) is 0 Å². The van der Waals surface area contributed by atoms with Gasteiger partial charge in [-0.1, -0.05) is 29.8 Å². The molecule has 0 heterocycles. The summed E-state index contributed by atoms with van der Waals surface area (Å²) in [7, 11) is 3.19. The number of ether oxygens (including phenoxy) is 1. The lowest BCUT2D eigenvalue weighted by Crippen LogP contribution is -2.38. The van der Waals surface area contributed by atoms with Crippen molar-refractivity contribution in [2.24, 2.45) is 0 Å². The molecule has 128 valence electrons. The fourth-order valence-corrected chi connectivity index (χ4v) is 2.53. The molecule has 2 rings (SSSR count). The summed E-state index contributed by atoms with van der Waals surface area (Å²) in [6, 6.07) is 12.1. The zero-order chi connectivity index (χ0) is 17.7. The Morgan fingerprint density at radius 2 is 2.08 bits per heavy atom. The fraction of sp³-hybridized carbons (Fsp3) is 0.278. The van der Waals surface area contributed by atoms with Gasteiger partial charge in [0.15, 0.2) is 11.5 Å². The molecule has 0 bridgehead atoms. The lowest BCUT2D eigenvalue weighted by molar-refractivity contribution is 0.203. The molecule has 0 aromatic heterocycles. The topological polar surface area (TPSA) is 61.8 Å². The number of hydrogen-bond acceptors (Lipinski definition) is 3. The van der Waals surface area contributed by atoms with Crippen LogP contribution >= 0.6 is 11.6 Å². The predicted octanol–water partition coefficient (Wildman–Crippen LogP) is 3.96. The van der Waals surface area contributed by atoms with Crippen LogP contribution in [0.25, 0.3) is 0 Å². The zero-order valence-corrected chi connectivity index (χ0v) is 14.7. The number of benzene rings is 2. The standard InChI is InChI=1S/C18H21ClN2O3/c1-12(14-5-4-6-15(19)10-14)20-18(23)21(2)11-13-7-8-17(24-3)16(22)9-13/h4-10,12,22H,11H2,1-3H3,(H,20,23). The van der Waals surface area contributed by atoms with E-state index in [9.17, 15) is 9.90 Å². The van der Waals surface area contributed by atoms with Crippen molar-refractivity contribution in [2.75, 3.05) is 14.2 Å². The van der Waals surface area contributed by atoms with Crippen LogP contribution in [0.2, 0.25) is 5.02 Å². The van der Waals surface area contributed by atoms with Gasteiger partial charge in [-0.25, -0.2) is 4.79 Å². The summed E-state index contributed by atoms with van der Waals surface area (Å²) in [6.07, 6.45) is 0. The van der Waals surface area contributed by atoms with Crippen LogP contribution in [0.15, 0.2) is 42.5 Å². The summed E-state index contributed by atoms with van der Waals surface area (Å²) in [5.41, 5.74) is 1.74. The summed E-state index contributed by atoms with van der Waals surface area (Å²) in [5, 5.41) is 13.4. The van der Waals surface area contributed by atoms with Crippen molar-refractivity contribution < 1.29 is 14.6 Å². The second kappa shape index (κ2) is 7.93. The second-order valence-corrected chi connectivity index (χ2v) is 6.02. The normalized spacial score (nSPS) is 11.7. The third kappa shape index (κ3) is 4.55. The van der Waals surface area contributed by atoms with Crippen LogP contribution in [0, 0.1) is 0 Å². The number of methoxy groups -OCH3 is 1. The molecule has 2 N–H and O–H groups in total. The highest BCUT2D eigenvalue weighted by Crippen LogP contribution is 2.26. The van der Waals surface area contributed by atoms with Gasteiger partial charge in [0.2, 0.25) is 0 Å². The molecule has 1 unspecified atom stereocenters. The first-order chi connectivity index (χ1) is 11.4. The van der Waals surface area contributed by atoms with Crippen LogP contribution in [0.1, 0.15) is 24.1 Å². The van der Waals surface area contributed by atoms with Crippen LogP contribution < -0.4 is 10.1 Å². The van der Waals surface area contributed by atoms with Gasteiger partial charge in [0.05, 0.1) is 13.2 Å². The minimum absolute atomic E-state index is 0.0519. The Kier molecular flexibility index (Phi) is 5.93. The maximum atomic E-state index is 12.3. The number of carbonyl (C=O) groups is 1. The van der Waals surface area contributed by atoms with E-state index >= 15 is 0 Å². The van der Waals surface area contributed by atoms with E-state index in [0.717, 1.165) is 11.1 Å². The van der Waals surface area contributed by atoms with Crippen molar-refractivity contribution >= 4 is 17.6 Å². The Bertz CT molecular complexity index is 721. The first kappa shape index (κ1) is 17.9. The lowest BCUT2D eigenvalue weighted by atomic mass is 10.1. The number of halogens is 1. The van der Waals surface area contributed by atoms with E-state index in [4.69, 9.17) is 16.3 Å². The number of amides is 2. The van der Waals surface area contributed by atoms with Crippen LogP contribution in [0.5, 0.6) is 11.5 Å².